The highest BCUT2D eigenvalue weighted by molar-refractivity contribution is 6.05. The van der Waals surface area contributed by atoms with Crippen molar-refractivity contribution in [1.29, 1.82) is 0 Å². The summed E-state index contributed by atoms with van der Waals surface area (Å²) in [4.78, 5) is 35.3. The van der Waals surface area contributed by atoms with Gasteiger partial charge in [-0.2, -0.15) is 0 Å². The van der Waals surface area contributed by atoms with Gasteiger partial charge in [0, 0.05) is 11.3 Å². The Bertz CT molecular complexity index is 819. The first kappa shape index (κ1) is 19.2. The fraction of sp³-hybridized carbons (Fsp3) is 0.250. The van der Waals surface area contributed by atoms with Crippen molar-refractivity contribution in [3.05, 3.63) is 65.2 Å². The number of hydrogen-bond donors (Lipinski definition) is 2. The zero-order valence-corrected chi connectivity index (χ0v) is 14.9. The highest BCUT2D eigenvalue weighted by atomic mass is 16.6. The lowest BCUT2D eigenvalue weighted by Gasteiger charge is -2.20. The van der Waals surface area contributed by atoms with Crippen molar-refractivity contribution >= 4 is 23.5 Å². The van der Waals surface area contributed by atoms with Crippen molar-refractivity contribution in [2.45, 2.75) is 32.8 Å². The SMILES string of the molecule is CC(C)(C)OC(=O)Cc1ccccc1NC(=O)c1ccc(C(=O)O)cc1. The minimum absolute atomic E-state index is 0.0334. The van der Waals surface area contributed by atoms with E-state index >= 15 is 0 Å². The van der Waals surface area contributed by atoms with Crippen LogP contribution < -0.4 is 5.32 Å². The molecule has 0 atom stereocenters. The van der Waals surface area contributed by atoms with Gasteiger partial charge in [-0.25, -0.2) is 4.79 Å². The minimum Gasteiger partial charge on any atom is -0.478 e. The molecule has 0 unspecified atom stereocenters. The fourth-order valence-electron chi connectivity index (χ4n) is 2.29. The number of esters is 1. The van der Waals surface area contributed by atoms with E-state index in [1.807, 2.05) is 0 Å². The number of nitrogens with one attached hydrogen (secondary N) is 1. The number of anilines is 1. The number of carbonyl (C=O) groups is 3. The third-order valence-corrected chi connectivity index (χ3v) is 3.41. The number of carboxylic acid groups (broad SMARTS) is 1. The van der Waals surface area contributed by atoms with Crippen molar-refractivity contribution in [1.82, 2.24) is 0 Å². The standard InChI is InChI=1S/C20H21NO5/c1-20(2,3)26-17(22)12-15-6-4-5-7-16(15)21-18(23)13-8-10-14(11-9-13)19(24)25/h4-11H,12H2,1-3H3,(H,21,23)(H,24,25). The molecule has 0 saturated heterocycles. The maximum Gasteiger partial charge on any atom is 0.335 e. The highest BCUT2D eigenvalue weighted by Crippen LogP contribution is 2.19. The third kappa shape index (κ3) is 5.44. The lowest BCUT2D eigenvalue weighted by molar-refractivity contribution is -0.153. The Balaban J connectivity index is 2.13. The molecular formula is C20H21NO5. The van der Waals surface area contributed by atoms with Crippen molar-refractivity contribution in [3.8, 4) is 0 Å². The maximum absolute atomic E-state index is 12.4. The molecule has 0 spiro atoms. The van der Waals surface area contributed by atoms with E-state index in [-0.39, 0.29) is 18.0 Å². The van der Waals surface area contributed by atoms with E-state index in [1.54, 1.807) is 45.0 Å². The monoisotopic (exact) mass is 355 g/mol. The quantitative estimate of drug-likeness (QED) is 0.801. The molecule has 0 aliphatic heterocycles. The molecule has 26 heavy (non-hydrogen) atoms. The molecule has 2 aromatic carbocycles. The molecule has 0 aliphatic rings. The molecule has 2 aromatic rings. The van der Waals surface area contributed by atoms with E-state index in [2.05, 4.69) is 5.32 Å². The average molecular weight is 355 g/mol. The van der Waals surface area contributed by atoms with Crippen LogP contribution in [0.1, 0.15) is 47.1 Å². The van der Waals surface area contributed by atoms with Gasteiger partial charge in [0.15, 0.2) is 0 Å². The van der Waals surface area contributed by atoms with Gasteiger partial charge in [-0.1, -0.05) is 18.2 Å². The number of hydrogen-bond acceptors (Lipinski definition) is 4. The molecule has 6 heteroatoms. The van der Waals surface area contributed by atoms with E-state index in [0.29, 0.717) is 16.8 Å². The van der Waals surface area contributed by atoms with Gasteiger partial charge in [0.1, 0.15) is 5.60 Å². The van der Waals surface area contributed by atoms with Crippen LogP contribution in [0, 0.1) is 0 Å². The van der Waals surface area contributed by atoms with Crippen LogP contribution in [-0.2, 0) is 16.0 Å². The molecule has 136 valence electrons. The van der Waals surface area contributed by atoms with E-state index in [4.69, 9.17) is 9.84 Å². The zero-order chi connectivity index (χ0) is 19.3. The van der Waals surface area contributed by atoms with Gasteiger partial charge in [0.05, 0.1) is 12.0 Å². The second-order valence-electron chi connectivity index (χ2n) is 6.76. The summed E-state index contributed by atoms with van der Waals surface area (Å²) in [6, 6.07) is 12.6. The Labute approximate surface area is 151 Å². The summed E-state index contributed by atoms with van der Waals surface area (Å²) in [5.74, 6) is -1.83. The normalized spacial score (nSPS) is 10.9. The molecule has 0 aromatic heterocycles. The Morgan fingerprint density at radius 3 is 2.12 bits per heavy atom. The van der Waals surface area contributed by atoms with E-state index in [9.17, 15) is 14.4 Å². The van der Waals surface area contributed by atoms with Crippen molar-refractivity contribution in [2.24, 2.45) is 0 Å². The molecule has 6 nitrogen and oxygen atoms in total. The van der Waals surface area contributed by atoms with Gasteiger partial charge < -0.3 is 15.2 Å². The third-order valence-electron chi connectivity index (χ3n) is 3.41. The largest absolute Gasteiger partial charge is 0.478 e. The average Bonchev–Trinajstić information content (AvgIpc) is 2.55. The van der Waals surface area contributed by atoms with Crippen LogP contribution in [0.3, 0.4) is 0 Å². The first-order valence-corrected chi connectivity index (χ1v) is 8.10. The molecule has 0 bridgehead atoms. The number of carboxylic acids is 1. The van der Waals surface area contributed by atoms with Crippen LogP contribution in [0.25, 0.3) is 0 Å². The Morgan fingerprint density at radius 1 is 0.962 bits per heavy atom. The summed E-state index contributed by atoms with van der Waals surface area (Å²) in [6.07, 6.45) is 0.0334. The molecule has 0 saturated carbocycles. The van der Waals surface area contributed by atoms with Crippen LogP contribution >= 0.6 is 0 Å². The summed E-state index contributed by atoms with van der Waals surface area (Å²) in [7, 11) is 0. The van der Waals surface area contributed by atoms with Gasteiger partial charge >= 0.3 is 11.9 Å². The summed E-state index contributed by atoms with van der Waals surface area (Å²) >= 11 is 0. The number of para-hydroxylation sites is 1. The topological polar surface area (TPSA) is 92.7 Å². The number of carbonyl (C=O) groups excluding carboxylic acids is 2. The molecule has 0 aliphatic carbocycles. The Morgan fingerprint density at radius 2 is 1.54 bits per heavy atom. The zero-order valence-electron chi connectivity index (χ0n) is 14.9. The summed E-state index contributed by atoms with van der Waals surface area (Å²) in [5.41, 5.74) is 0.984. The van der Waals surface area contributed by atoms with Crippen molar-refractivity contribution in [3.63, 3.8) is 0 Å². The van der Waals surface area contributed by atoms with Gasteiger partial charge in [0.25, 0.3) is 5.91 Å². The first-order chi connectivity index (χ1) is 12.2. The number of aromatic carboxylic acids is 1. The summed E-state index contributed by atoms with van der Waals surface area (Å²) in [5, 5.41) is 11.7. The fourth-order valence-corrected chi connectivity index (χ4v) is 2.29. The predicted molar refractivity (Wildman–Crippen MR) is 97.3 cm³/mol. The molecular weight excluding hydrogens is 334 g/mol. The molecule has 2 rings (SSSR count). The van der Waals surface area contributed by atoms with Gasteiger partial charge in [-0.15, -0.1) is 0 Å². The van der Waals surface area contributed by atoms with Crippen molar-refractivity contribution in [2.75, 3.05) is 5.32 Å². The second kappa shape index (κ2) is 7.82. The van der Waals surface area contributed by atoms with Crippen LogP contribution in [0.2, 0.25) is 0 Å². The lowest BCUT2D eigenvalue weighted by Crippen LogP contribution is -2.25. The number of ether oxygens (including phenoxy) is 1. The second-order valence-corrected chi connectivity index (χ2v) is 6.76. The summed E-state index contributed by atoms with van der Waals surface area (Å²) in [6.45, 7) is 5.37. The number of benzene rings is 2. The first-order valence-electron chi connectivity index (χ1n) is 8.10. The van der Waals surface area contributed by atoms with Crippen LogP contribution in [0.4, 0.5) is 5.69 Å². The molecule has 2 N–H and O–H groups in total. The van der Waals surface area contributed by atoms with E-state index in [1.165, 1.54) is 24.3 Å². The van der Waals surface area contributed by atoms with Gasteiger partial charge in [0.2, 0.25) is 0 Å². The molecule has 0 radical (unpaired) electrons. The summed E-state index contributed by atoms with van der Waals surface area (Å²) < 4.78 is 5.31. The number of amides is 1. The van der Waals surface area contributed by atoms with Crippen LogP contribution in [-0.4, -0.2) is 28.6 Å². The molecule has 1 amide bonds. The maximum atomic E-state index is 12.4. The number of rotatable bonds is 5. The van der Waals surface area contributed by atoms with E-state index < -0.39 is 17.5 Å². The van der Waals surface area contributed by atoms with Gasteiger partial charge in [-0.05, 0) is 56.7 Å². The Kier molecular flexibility index (Phi) is 5.77. The molecule has 0 fully saturated rings. The highest BCUT2D eigenvalue weighted by Gasteiger charge is 2.18. The lowest BCUT2D eigenvalue weighted by atomic mass is 10.1. The predicted octanol–water partition coefficient (Wildman–Crippen LogP) is 3.52. The van der Waals surface area contributed by atoms with Gasteiger partial charge in [-0.3, -0.25) is 9.59 Å². The smallest absolute Gasteiger partial charge is 0.335 e. The van der Waals surface area contributed by atoms with E-state index in [0.717, 1.165) is 0 Å². The Hall–Kier alpha value is -3.15. The van der Waals surface area contributed by atoms with Crippen molar-refractivity contribution < 1.29 is 24.2 Å². The minimum atomic E-state index is -1.06. The van der Waals surface area contributed by atoms with Crippen LogP contribution in [0.15, 0.2) is 48.5 Å². The van der Waals surface area contributed by atoms with Crippen LogP contribution in [0.5, 0.6) is 0 Å². The molecule has 0 heterocycles.